The summed E-state index contributed by atoms with van der Waals surface area (Å²) in [5.74, 6) is -1.22. The summed E-state index contributed by atoms with van der Waals surface area (Å²) in [6.07, 6.45) is 1.65. The quantitative estimate of drug-likeness (QED) is 0.657. The van der Waals surface area contributed by atoms with E-state index in [9.17, 15) is 15.0 Å². The van der Waals surface area contributed by atoms with Crippen molar-refractivity contribution in [2.24, 2.45) is 0 Å². The Morgan fingerprint density at radius 2 is 2.28 bits per heavy atom. The number of carbonyl (C=O) groups excluding carboxylic acids is 1. The van der Waals surface area contributed by atoms with E-state index in [0.717, 1.165) is 12.8 Å². The molecule has 0 saturated heterocycles. The lowest BCUT2D eigenvalue weighted by Gasteiger charge is -2.06. The fourth-order valence-corrected chi connectivity index (χ4v) is 2.35. The highest BCUT2D eigenvalue weighted by molar-refractivity contribution is 7.17. The first-order chi connectivity index (χ1) is 8.65. The first kappa shape index (κ1) is 12.6. The maximum Gasteiger partial charge on any atom is 0.361 e. The number of hydrogen-bond acceptors (Lipinski definition) is 6. The zero-order valence-corrected chi connectivity index (χ0v) is 10.7. The molecule has 6 heteroatoms. The summed E-state index contributed by atoms with van der Waals surface area (Å²) in [4.78, 5) is 15.4. The largest absolute Gasteiger partial charge is 0.504 e. The lowest BCUT2D eigenvalue weighted by molar-refractivity contribution is 0.0488. The number of ether oxygens (including phenoxy) is 1. The van der Waals surface area contributed by atoms with Crippen LogP contribution in [0.2, 0.25) is 0 Å². The van der Waals surface area contributed by atoms with Gasteiger partial charge >= 0.3 is 5.97 Å². The molecule has 0 fully saturated rings. The number of aromatic hydroxyl groups is 2. The van der Waals surface area contributed by atoms with Crippen LogP contribution >= 0.6 is 11.3 Å². The van der Waals surface area contributed by atoms with Gasteiger partial charge in [-0.3, -0.25) is 0 Å². The summed E-state index contributed by atoms with van der Waals surface area (Å²) in [6, 6.07) is 1.63. The van der Waals surface area contributed by atoms with E-state index >= 15 is 0 Å². The van der Waals surface area contributed by atoms with Crippen LogP contribution in [-0.4, -0.2) is 27.8 Å². The number of unbranched alkanes of at least 4 members (excludes halogenated alkanes) is 1. The normalized spacial score (nSPS) is 10.7. The summed E-state index contributed by atoms with van der Waals surface area (Å²) >= 11 is 1.23. The second-order valence-corrected chi connectivity index (χ2v) is 4.70. The molecular weight excluding hydrogens is 254 g/mol. The summed E-state index contributed by atoms with van der Waals surface area (Å²) < 4.78 is 5.40. The maximum absolute atomic E-state index is 11.7. The third kappa shape index (κ3) is 2.24. The van der Waals surface area contributed by atoms with Crippen LogP contribution in [0.4, 0.5) is 0 Å². The predicted molar refractivity (Wildman–Crippen MR) is 68.1 cm³/mol. The van der Waals surface area contributed by atoms with Gasteiger partial charge in [0.15, 0.2) is 11.4 Å². The van der Waals surface area contributed by atoms with E-state index in [2.05, 4.69) is 4.98 Å². The molecule has 0 aliphatic rings. The average Bonchev–Trinajstić information content (AvgIpc) is 2.84. The number of thiophene rings is 1. The van der Waals surface area contributed by atoms with E-state index < -0.39 is 5.97 Å². The number of aromatic nitrogens is 1. The Morgan fingerprint density at radius 1 is 1.50 bits per heavy atom. The Kier molecular flexibility index (Phi) is 3.66. The maximum atomic E-state index is 11.7. The predicted octanol–water partition coefficient (Wildman–Crippen LogP) is 2.66. The molecule has 2 aromatic rings. The minimum Gasteiger partial charge on any atom is -0.504 e. The second-order valence-electron chi connectivity index (χ2n) is 3.79. The summed E-state index contributed by atoms with van der Waals surface area (Å²) in [6.45, 7) is 2.26. The molecule has 2 rings (SSSR count). The van der Waals surface area contributed by atoms with Crippen LogP contribution in [0.1, 0.15) is 30.3 Å². The van der Waals surface area contributed by atoms with Crippen LogP contribution in [0, 0.1) is 0 Å². The molecule has 0 saturated carbocycles. The van der Waals surface area contributed by atoms with Gasteiger partial charge in [-0.15, -0.1) is 11.3 Å². The van der Waals surface area contributed by atoms with Gasteiger partial charge in [-0.25, -0.2) is 9.78 Å². The summed E-state index contributed by atoms with van der Waals surface area (Å²) in [5, 5.41) is 21.7. The van der Waals surface area contributed by atoms with Gasteiger partial charge in [-0.2, -0.15) is 0 Å². The van der Waals surface area contributed by atoms with Gasteiger partial charge in [-0.1, -0.05) is 13.3 Å². The zero-order valence-electron chi connectivity index (χ0n) is 9.84. The zero-order chi connectivity index (χ0) is 13.1. The molecule has 2 N–H and O–H groups in total. The topological polar surface area (TPSA) is 79.7 Å². The molecule has 0 unspecified atom stereocenters. The van der Waals surface area contributed by atoms with Crippen LogP contribution in [0.25, 0.3) is 10.1 Å². The standard InChI is InChI=1S/C12H13NO4S/c1-2-3-5-17-12(16)8-9(14)10-7(4-6-18-10)11(15)13-8/h4,6,14H,2-3,5H2,1H3,(H,13,15). The van der Waals surface area contributed by atoms with Gasteiger partial charge in [0, 0.05) is 0 Å². The summed E-state index contributed by atoms with van der Waals surface area (Å²) in [7, 11) is 0. The first-order valence-electron chi connectivity index (χ1n) is 5.61. The molecule has 96 valence electrons. The minimum absolute atomic E-state index is 0.237. The van der Waals surface area contributed by atoms with E-state index in [0.29, 0.717) is 10.1 Å². The van der Waals surface area contributed by atoms with E-state index in [-0.39, 0.29) is 23.9 Å². The fourth-order valence-electron chi connectivity index (χ4n) is 1.52. The summed E-state index contributed by atoms with van der Waals surface area (Å²) in [5.41, 5.74) is -0.237. The van der Waals surface area contributed by atoms with Crippen LogP contribution in [-0.2, 0) is 4.74 Å². The molecule has 0 bridgehead atoms. The lowest BCUT2D eigenvalue weighted by Crippen LogP contribution is -2.08. The second kappa shape index (κ2) is 5.22. The van der Waals surface area contributed by atoms with Gasteiger partial charge in [0.25, 0.3) is 0 Å². The number of fused-ring (bicyclic) bond motifs is 1. The molecule has 18 heavy (non-hydrogen) atoms. The fraction of sp³-hybridized carbons (Fsp3) is 0.333. The number of carbonyl (C=O) groups is 1. The number of rotatable bonds is 4. The third-order valence-corrected chi connectivity index (χ3v) is 3.41. The van der Waals surface area contributed by atoms with Crippen LogP contribution < -0.4 is 0 Å². The molecule has 0 radical (unpaired) electrons. The Balaban J connectivity index is 2.33. The molecule has 0 amide bonds. The molecule has 0 aliphatic heterocycles. The SMILES string of the molecule is CCCCOC(=O)c1nc(O)c2ccsc2c1O. The van der Waals surface area contributed by atoms with Crippen molar-refractivity contribution in [2.45, 2.75) is 19.8 Å². The third-order valence-electron chi connectivity index (χ3n) is 2.49. The van der Waals surface area contributed by atoms with Gasteiger partial charge < -0.3 is 14.9 Å². The molecule has 0 aliphatic carbocycles. The molecular formula is C12H13NO4S. The van der Waals surface area contributed by atoms with Crippen LogP contribution in [0.5, 0.6) is 11.6 Å². The number of pyridine rings is 1. The van der Waals surface area contributed by atoms with Crippen molar-refractivity contribution in [1.82, 2.24) is 4.98 Å². The van der Waals surface area contributed by atoms with Crippen molar-refractivity contribution in [3.05, 3.63) is 17.1 Å². The van der Waals surface area contributed by atoms with Gasteiger partial charge in [0.1, 0.15) is 0 Å². The van der Waals surface area contributed by atoms with Crippen molar-refractivity contribution in [2.75, 3.05) is 6.61 Å². The highest BCUT2D eigenvalue weighted by atomic mass is 32.1. The molecule has 2 heterocycles. The van der Waals surface area contributed by atoms with Crippen molar-refractivity contribution in [1.29, 1.82) is 0 Å². The number of hydrogen-bond donors (Lipinski definition) is 2. The van der Waals surface area contributed by atoms with Crippen molar-refractivity contribution >= 4 is 27.4 Å². The Hall–Kier alpha value is -1.82. The Labute approximate surface area is 108 Å². The smallest absolute Gasteiger partial charge is 0.361 e. The minimum atomic E-state index is -0.716. The number of nitrogens with zero attached hydrogens (tertiary/aromatic N) is 1. The van der Waals surface area contributed by atoms with Gasteiger partial charge in [0.05, 0.1) is 16.7 Å². The highest BCUT2D eigenvalue weighted by Crippen LogP contribution is 2.36. The van der Waals surface area contributed by atoms with E-state index in [1.54, 1.807) is 11.4 Å². The van der Waals surface area contributed by atoms with Crippen molar-refractivity contribution < 1.29 is 19.7 Å². The molecule has 0 aromatic carbocycles. The molecule has 5 nitrogen and oxygen atoms in total. The Morgan fingerprint density at radius 3 is 3.00 bits per heavy atom. The number of esters is 1. The van der Waals surface area contributed by atoms with Crippen molar-refractivity contribution in [3.63, 3.8) is 0 Å². The Bertz CT molecular complexity index is 579. The van der Waals surface area contributed by atoms with E-state index in [4.69, 9.17) is 4.74 Å². The van der Waals surface area contributed by atoms with Crippen LogP contribution in [0.3, 0.4) is 0 Å². The van der Waals surface area contributed by atoms with Crippen molar-refractivity contribution in [3.8, 4) is 11.6 Å². The average molecular weight is 267 g/mol. The van der Waals surface area contributed by atoms with Gasteiger partial charge in [0.2, 0.25) is 5.88 Å². The monoisotopic (exact) mass is 267 g/mol. The highest BCUT2D eigenvalue weighted by Gasteiger charge is 2.20. The first-order valence-corrected chi connectivity index (χ1v) is 6.49. The van der Waals surface area contributed by atoms with E-state index in [1.807, 2.05) is 6.92 Å². The van der Waals surface area contributed by atoms with E-state index in [1.165, 1.54) is 11.3 Å². The van der Waals surface area contributed by atoms with Crippen LogP contribution in [0.15, 0.2) is 11.4 Å². The lowest BCUT2D eigenvalue weighted by atomic mass is 10.2. The molecule has 2 aromatic heterocycles. The molecule has 0 spiro atoms. The molecule has 0 atom stereocenters. The van der Waals surface area contributed by atoms with Gasteiger partial charge in [-0.05, 0) is 17.9 Å².